The van der Waals surface area contributed by atoms with Crippen LogP contribution in [0.15, 0.2) is 18.2 Å². The van der Waals surface area contributed by atoms with Gasteiger partial charge in [-0.2, -0.15) is 5.26 Å². The lowest BCUT2D eigenvalue weighted by Crippen LogP contribution is -2.28. The molecule has 2 N–H and O–H groups in total. The van der Waals surface area contributed by atoms with E-state index in [-0.39, 0.29) is 6.04 Å². The van der Waals surface area contributed by atoms with Gasteiger partial charge >= 0.3 is 0 Å². The van der Waals surface area contributed by atoms with Crippen molar-refractivity contribution in [2.24, 2.45) is 11.7 Å². The summed E-state index contributed by atoms with van der Waals surface area (Å²) in [5.41, 5.74) is 8.97. The molecule has 84 valence electrons. The Labute approximate surface area is 96.5 Å². The molecule has 0 aromatic heterocycles. The second-order valence-corrected chi connectivity index (χ2v) is 4.68. The molecule has 1 saturated heterocycles. The molecule has 0 radical (unpaired) electrons. The molecule has 1 aliphatic rings. The maximum atomic E-state index is 9.09. The Morgan fingerprint density at radius 3 is 2.75 bits per heavy atom. The number of nitrogens with zero attached hydrogens (tertiary/aromatic N) is 2. The fourth-order valence-electron chi connectivity index (χ4n) is 2.19. The minimum absolute atomic E-state index is 0.215. The van der Waals surface area contributed by atoms with Gasteiger partial charge in [-0.15, -0.1) is 0 Å². The van der Waals surface area contributed by atoms with E-state index in [2.05, 4.69) is 24.0 Å². The first kappa shape index (κ1) is 11.0. The topological polar surface area (TPSA) is 53.0 Å². The quantitative estimate of drug-likeness (QED) is 0.775. The van der Waals surface area contributed by atoms with E-state index in [1.807, 2.05) is 19.1 Å². The zero-order chi connectivity index (χ0) is 11.7. The van der Waals surface area contributed by atoms with Crippen molar-refractivity contribution in [2.75, 3.05) is 18.0 Å². The van der Waals surface area contributed by atoms with Crippen molar-refractivity contribution in [1.82, 2.24) is 0 Å². The minimum atomic E-state index is 0.215. The van der Waals surface area contributed by atoms with Gasteiger partial charge in [0.05, 0.1) is 11.3 Å². The number of nitriles is 1. The zero-order valence-corrected chi connectivity index (χ0v) is 9.77. The van der Waals surface area contributed by atoms with Gasteiger partial charge in [0.1, 0.15) is 6.07 Å². The van der Waals surface area contributed by atoms with Crippen molar-refractivity contribution >= 4 is 5.69 Å². The van der Waals surface area contributed by atoms with Crippen LogP contribution in [0, 0.1) is 24.2 Å². The van der Waals surface area contributed by atoms with Gasteiger partial charge in [0, 0.05) is 19.1 Å². The standard InChI is InChI=1S/C13H17N3/c1-9-3-4-11(6-14)13(5-9)16-7-10(2)12(15)8-16/h3-5,10,12H,7-8,15H2,1-2H3. The van der Waals surface area contributed by atoms with Gasteiger partial charge in [0.25, 0.3) is 0 Å². The molecular weight excluding hydrogens is 198 g/mol. The highest BCUT2D eigenvalue weighted by Crippen LogP contribution is 2.27. The minimum Gasteiger partial charge on any atom is -0.369 e. The number of benzene rings is 1. The molecule has 1 aliphatic heterocycles. The van der Waals surface area contributed by atoms with Gasteiger partial charge in [-0.05, 0) is 30.5 Å². The summed E-state index contributed by atoms with van der Waals surface area (Å²) in [4.78, 5) is 2.22. The highest BCUT2D eigenvalue weighted by molar-refractivity contribution is 5.61. The first-order valence-corrected chi connectivity index (χ1v) is 5.63. The number of anilines is 1. The molecule has 3 nitrogen and oxygen atoms in total. The molecule has 0 bridgehead atoms. The van der Waals surface area contributed by atoms with Crippen molar-refractivity contribution in [3.63, 3.8) is 0 Å². The maximum Gasteiger partial charge on any atom is 0.101 e. The Morgan fingerprint density at radius 1 is 1.44 bits per heavy atom. The second kappa shape index (κ2) is 4.15. The smallest absolute Gasteiger partial charge is 0.101 e. The summed E-state index contributed by atoms with van der Waals surface area (Å²) in [6.45, 7) is 6.00. The number of hydrogen-bond acceptors (Lipinski definition) is 3. The molecule has 1 fully saturated rings. The number of rotatable bonds is 1. The highest BCUT2D eigenvalue weighted by atomic mass is 15.2. The molecule has 0 amide bonds. The fourth-order valence-corrected chi connectivity index (χ4v) is 2.19. The van der Waals surface area contributed by atoms with Gasteiger partial charge in [-0.1, -0.05) is 13.0 Å². The molecule has 1 aromatic rings. The number of hydrogen-bond donors (Lipinski definition) is 1. The summed E-state index contributed by atoms with van der Waals surface area (Å²) in [5, 5.41) is 9.09. The van der Waals surface area contributed by atoms with E-state index in [9.17, 15) is 0 Å². The average Bonchev–Trinajstić information content (AvgIpc) is 2.59. The van der Waals surface area contributed by atoms with E-state index in [0.29, 0.717) is 5.92 Å². The Morgan fingerprint density at radius 2 is 2.19 bits per heavy atom. The second-order valence-electron chi connectivity index (χ2n) is 4.68. The van der Waals surface area contributed by atoms with E-state index in [1.54, 1.807) is 0 Å². The van der Waals surface area contributed by atoms with Crippen molar-refractivity contribution in [2.45, 2.75) is 19.9 Å². The summed E-state index contributed by atoms with van der Waals surface area (Å²) in [5.74, 6) is 0.493. The van der Waals surface area contributed by atoms with Crippen LogP contribution >= 0.6 is 0 Å². The molecule has 2 atom stereocenters. The van der Waals surface area contributed by atoms with Crippen LogP contribution in [0.2, 0.25) is 0 Å². The van der Waals surface area contributed by atoms with Crippen LogP contribution in [0.4, 0.5) is 5.69 Å². The number of nitrogens with two attached hydrogens (primary N) is 1. The van der Waals surface area contributed by atoms with Crippen molar-refractivity contribution in [3.05, 3.63) is 29.3 Å². The lowest BCUT2D eigenvalue weighted by molar-refractivity contribution is 0.566. The Bertz CT molecular complexity index is 423. The molecule has 2 rings (SSSR count). The Balaban J connectivity index is 2.34. The largest absolute Gasteiger partial charge is 0.369 e. The van der Waals surface area contributed by atoms with Crippen LogP contribution in [-0.4, -0.2) is 19.1 Å². The average molecular weight is 215 g/mol. The van der Waals surface area contributed by atoms with Crippen LogP contribution in [0.5, 0.6) is 0 Å². The highest BCUT2D eigenvalue weighted by Gasteiger charge is 2.27. The van der Waals surface area contributed by atoms with Crippen LogP contribution in [0.25, 0.3) is 0 Å². The van der Waals surface area contributed by atoms with E-state index >= 15 is 0 Å². The summed E-state index contributed by atoms with van der Waals surface area (Å²) in [6, 6.07) is 8.40. The lowest BCUT2D eigenvalue weighted by Gasteiger charge is -2.20. The monoisotopic (exact) mass is 215 g/mol. The van der Waals surface area contributed by atoms with E-state index in [1.165, 1.54) is 5.56 Å². The van der Waals surface area contributed by atoms with Crippen LogP contribution in [0.3, 0.4) is 0 Å². The third kappa shape index (κ3) is 1.89. The summed E-state index contributed by atoms with van der Waals surface area (Å²) in [6.07, 6.45) is 0. The predicted octanol–water partition coefficient (Wildman–Crippen LogP) is 1.65. The molecule has 3 heteroatoms. The molecule has 0 saturated carbocycles. The summed E-state index contributed by atoms with van der Waals surface area (Å²) in [7, 11) is 0. The molecule has 0 spiro atoms. The van der Waals surface area contributed by atoms with Gasteiger partial charge in [0.15, 0.2) is 0 Å². The molecule has 2 unspecified atom stereocenters. The van der Waals surface area contributed by atoms with Crippen molar-refractivity contribution < 1.29 is 0 Å². The third-order valence-corrected chi connectivity index (χ3v) is 3.28. The number of aryl methyl sites for hydroxylation is 1. The van der Waals surface area contributed by atoms with Crippen LogP contribution < -0.4 is 10.6 Å². The van der Waals surface area contributed by atoms with E-state index in [0.717, 1.165) is 24.3 Å². The van der Waals surface area contributed by atoms with Crippen LogP contribution in [-0.2, 0) is 0 Å². The molecule has 16 heavy (non-hydrogen) atoms. The van der Waals surface area contributed by atoms with Gasteiger partial charge in [-0.25, -0.2) is 0 Å². The Kier molecular flexibility index (Phi) is 2.84. The van der Waals surface area contributed by atoms with Gasteiger partial charge in [0.2, 0.25) is 0 Å². The molecular formula is C13H17N3. The van der Waals surface area contributed by atoms with Crippen molar-refractivity contribution in [1.29, 1.82) is 5.26 Å². The van der Waals surface area contributed by atoms with Gasteiger partial charge in [-0.3, -0.25) is 0 Å². The predicted molar refractivity (Wildman–Crippen MR) is 65.2 cm³/mol. The molecule has 0 aliphatic carbocycles. The SMILES string of the molecule is Cc1ccc(C#N)c(N2CC(C)C(N)C2)c1. The van der Waals surface area contributed by atoms with E-state index in [4.69, 9.17) is 11.0 Å². The van der Waals surface area contributed by atoms with Crippen LogP contribution in [0.1, 0.15) is 18.1 Å². The maximum absolute atomic E-state index is 9.09. The lowest BCUT2D eigenvalue weighted by atomic mass is 10.1. The Hall–Kier alpha value is -1.53. The fraction of sp³-hybridized carbons (Fsp3) is 0.462. The van der Waals surface area contributed by atoms with Crippen molar-refractivity contribution in [3.8, 4) is 6.07 Å². The normalized spacial score (nSPS) is 24.5. The third-order valence-electron chi connectivity index (χ3n) is 3.28. The van der Waals surface area contributed by atoms with E-state index < -0.39 is 0 Å². The summed E-state index contributed by atoms with van der Waals surface area (Å²) >= 11 is 0. The molecule has 1 aromatic carbocycles. The zero-order valence-electron chi connectivity index (χ0n) is 9.77. The molecule has 1 heterocycles. The first-order valence-electron chi connectivity index (χ1n) is 5.63. The first-order chi connectivity index (χ1) is 7.61. The van der Waals surface area contributed by atoms with Gasteiger partial charge < -0.3 is 10.6 Å². The summed E-state index contributed by atoms with van der Waals surface area (Å²) < 4.78 is 0.